The second-order valence-corrected chi connectivity index (χ2v) is 9.05. The minimum atomic E-state index is 0.0962. The first-order valence-corrected chi connectivity index (χ1v) is 11.0. The van der Waals surface area contributed by atoms with Crippen molar-refractivity contribution in [3.63, 3.8) is 0 Å². The molecule has 0 bridgehead atoms. The second-order valence-electron chi connectivity index (χ2n) is 9.05. The van der Waals surface area contributed by atoms with Gasteiger partial charge in [-0.1, -0.05) is 12.8 Å². The molecule has 0 unspecified atom stereocenters. The summed E-state index contributed by atoms with van der Waals surface area (Å²) in [5, 5.41) is 0. The summed E-state index contributed by atoms with van der Waals surface area (Å²) in [4.78, 5) is 2.72. The van der Waals surface area contributed by atoms with Gasteiger partial charge in [-0.15, -0.1) is 0 Å². The van der Waals surface area contributed by atoms with E-state index in [1.807, 2.05) is 0 Å². The van der Waals surface area contributed by atoms with Gasteiger partial charge in [-0.2, -0.15) is 0 Å². The number of nitrogens with zero attached hydrogens (tertiary/aromatic N) is 1. The third-order valence-electron chi connectivity index (χ3n) is 7.36. The van der Waals surface area contributed by atoms with E-state index in [0.29, 0.717) is 6.10 Å². The van der Waals surface area contributed by atoms with E-state index in [4.69, 9.17) is 9.47 Å². The van der Waals surface area contributed by atoms with Crippen molar-refractivity contribution >= 4 is 0 Å². The number of rotatable bonds is 3. The third-order valence-corrected chi connectivity index (χ3v) is 7.36. The highest BCUT2D eigenvalue weighted by Crippen LogP contribution is 2.42. The van der Waals surface area contributed by atoms with Crippen molar-refractivity contribution < 1.29 is 9.47 Å². The average Bonchev–Trinajstić information content (AvgIpc) is 2.63. The lowest BCUT2D eigenvalue weighted by atomic mass is 9.81. The van der Waals surface area contributed by atoms with Crippen LogP contribution in [0, 0.1) is 0 Å². The van der Waals surface area contributed by atoms with Gasteiger partial charge in [-0.05, 0) is 88.0 Å². The van der Waals surface area contributed by atoms with Gasteiger partial charge in [0.15, 0.2) is 0 Å². The highest BCUT2D eigenvalue weighted by Gasteiger charge is 2.41. The Morgan fingerprint density at radius 2 is 1.73 bits per heavy atom. The number of piperidine rings is 1. The monoisotopic (exact) mass is 355 g/mol. The summed E-state index contributed by atoms with van der Waals surface area (Å²) >= 11 is 0. The molecule has 1 aromatic rings. The molecule has 0 N–H and O–H groups in total. The van der Waals surface area contributed by atoms with Crippen LogP contribution in [0.5, 0.6) is 11.5 Å². The van der Waals surface area contributed by atoms with Crippen molar-refractivity contribution in [2.24, 2.45) is 0 Å². The molecule has 142 valence electrons. The van der Waals surface area contributed by atoms with Crippen LogP contribution < -0.4 is 9.47 Å². The zero-order valence-electron chi connectivity index (χ0n) is 16.0. The molecule has 0 aromatic heterocycles. The van der Waals surface area contributed by atoms with E-state index in [-0.39, 0.29) is 5.60 Å². The van der Waals surface area contributed by atoms with Crippen LogP contribution in [0.25, 0.3) is 0 Å². The number of fused-ring (bicyclic) bond motifs is 1. The quantitative estimate of drug-likeness (QED) is 0.752. The zero-order chi connectivity index (χ0) is 17.4. The molecule has 3 fully saturated rings. The first kappa shape index (κ1) is 16.9. The van der Waals surface area contributed by atoms with E-state index in [1.165, 1.54) is 89.3 Å². The molecule has 0 radical (unpaired) electrons. The molecule has 2 saturated carbocycles. The third kappa shape index (κ3) is 3.35. The lowest BCUT2D eigenvalue weighted by Crippen LogP contribution is -2.53. The summed E-state index contributed by atoms with van der Waals surface area (Å²) in [6, 6.07) is 7.44. The van der Waals surface area contributed by atoms with Crippen LogP contribution in [0.3, 0.4) is 0 Å². The van der Waals surface area contributed by atoms with Gasteiger partial charge in [-0.3, -0.25) is 0 Å². The molecule has 0 amide bonds. The van der Waals surface area contributed by atoms with Crippen LogP contribution in [0.2, 0.25) is 0 Å². The Hall–Kier alpha value is -1.22. The van der Waals surface area contributed by atoms with Crippen molar-refractivity contribution in [1.82, 2.24) is 4.90 Å². The molecule has 3 nitrogen and oxygen atoms in total. The number of aryl methyl sites for hydroxylation is 1. The van der Waals surface area contributed by atoms with Crippen LogP contribution in [0.15, 0.2) is 18.2 Å². The van der Waals surface area contributed by atoms with Crippen LogP contribution in [-0.4, -0.2) is 35.7 Å². The maximum absolute atomic E-state index is 6.60. The maximum Gasteiger partial charge on any atom is 0.123 e. The summed E-state index contributed by atoms with van der Waals surface area (Å²) in [5.74, 6) is 2.17. The molecule has 2 aliphatic carbocycles. The second kappa shape index (κ2) is 7.07. The van der Waals surface area contributed by atoms with Crippen LogP contribution >= 0.6 is 0 Å². The van der Waals surface area contributed by atoms with E-state index in [0.717, 1.165) is 24.0 Å². The van der Waals surface area contributed by atoms with E-state index in [1.54, 1.807) is 0 Å². The predicted molar refractivity (Wildman–Crippen MR) is 104 cm³/mol. The van der Waals surface area contributed by atoms with Crippen LogP contribution in [-0.2, 0) is 6.42 Å². The Bertz CT molecular complexity index is 625. The van der Waals surface area contributed by atoms with Crippen molar-refractivity contribution in [2.75, 3.05) is 13.1 Å². The van der Waals surface area contributed by atoms with Crippen molar-refractivity contribution in [3.05, 3.63) is 23.8 Å². The molecule has 1 aromatic carbocycles. The van der Waals surface area contributed by atoms with E-state index in [9.17, 15) is 0 Å². The summed E-state index contributed by atoms with van der Waals surface area (Å²) < 4.78 is 12.9. The molecule has 3 heteroatoms. The summed E-state index contributed by atoms with van der Waals surface area (Å²) in [5.41, 5.74) is 1.45. The number of benzene rings is 1. The SMILES string of the molecule is c1cc2c(cc1OC1CCCCC1)CCC1(CCN(C3CCC3)CC1)O2. The predicted octanol–water partition coefficient (Wildman–Crippen LogP) is 5.11. The van der Waals surface area contributed by atoms with E-state index >= 15 is 0 Å². The number of hydrogen-bond acceptors (Lipinski definition) is 3. The number of likely N-dealkylation sites (tertiary alicyclic amines) is 1. The Kier molecular flexibility index (Phi) is 4.60. The van der Waals surface area contributed by atoms with E-state index < -0.39 is 0 Å². The zero-order valence-corrected chi connectivity index (χ0v) is 16.0. The standard InChI is InChI=1S/C23H33NO2/c1-2-7-20(8-3-1)25-21-9-10-22-18(17-21)11-12-23(26-22)13-15-24(16-14-23)19-5-4-6-19/h9-10,17,19-20H,1-8,11-16H2. The van der Waals surface area contributed by atoms with Crippen LogP contribution in [0.4, 0.5) is 0 Å². The number of ether oxygens (including phenoxy) is 2. The van der Waals surface area contributed by atoms with Gasteiger partial charge < -0.3 is 14.4 Å². The summed E-state index contributed by atoms with van der Waals surface area (Å²) in [7, 11) is 0. The first-order chi connectivity index (χ1) is 12.8. The molecule has 4 aliphatic rings. The minimum absolute atomic E-state index is 0.0962. The number of hydrogen-bond donors (Lipinski definition) is 0. The molecule has 1 saturated heterocycles. The lowest BCUT2D eigenvalue weighted by molar-refractivity contribution is -0.0337. The molecule has 0 atom stereocenters. The Morgan fingerprint density at radius 1 is 0.923 bits per heavy atom. The largest absolute Gasteiger partial charge is 0.490 e. The molecule has 5 rings (SSSR count). The highest BCUT2D eigenvalue weighted by atomic mass is 16.5. The van der Waals surface area contributed by atoms with Crippen LogP contribution in [0.1, 0.15) is 76.2 Å². The topological polar surface area (TPSA) is 21.7 Å². The molecular formula is C23H33NO2. The fourth-order valence-electron chi connectivity index (χ4n) is 5.35. The molecule has 26 heavy (non-hydrogen) atoms. The summed E-state index contributed by atoms with van der Waals surface area (Å²) in [6.07, 6.45) is 15.8. The molecule has 2 aliphatic heterocycles. The van der Waals surface area contributed by atoms with Crippen molar-refractivity contribution in [2.45, 2.75) is 94.8 Å². The van der Waals surface area contributed by atoms with Gasteiger partial charge >= 0.3 is 0 Å². The normalized spacial score (nSPS) is 26.8. The molecule has 1 spiro atoms. The fourth-order valence-corrected chi connectivity index (χ4v) is 5.35. The first-order valence-electron chi connectivity index (χ1n) is 11.0. The average molecular weight is 356 g/mol. The van der Waals surface area contributed by atoms with Crippen molar-refractivity contribution in [3.8, 4) is 11.5 Å². The Labute approximate surface area is 158 Å². The van der Waals surface area contributed by atoms with Gasteiger partial charge in [0.2, 0.25) is 0 Å². The smallest absolute Gasteiger partial charge is 0.123 e. The molecular weight excluding hydrogens is 322 g/mol. The fraction of sp³-hybridized carbons (Fsp3) is 0.739. The minimum Gasteiger partial charge on any atom is -0.490 e. The van der Waals surface area contributed by atoms with Gasteiger partial charge in [0, 0.05) is 19.1 Å². The van der Waals surface area contributed by atoms with Gasteiger partial charge in [-0.25, -0.2) is 0 Å². The Balaban J connectivity index is 1.22. The highest BCUT2D eigenvalue weighted by molar-refractivity contribution is 5.42. The van der Waals surface area contributed by atoms with E-state index in [2.05, 4.69) is 23.1 Å². The maximum atomic E-state index is 6.60. The lowest BCUT2D eigenvalue weighted by Gasteiger charge is -2.48. The van der Waals surface area contributed by atoms with Gasteiger partial charge in [0.1, 0.15) is 17.1 Å². The summed E-state index contributed by atoms with van der Waals surface area (Å²) in [6.45, 7) is 2.45. The van der Waals surface area contributed by atoms with Crippen molar-refractivity contribution in [1.29, 1.82) is 0 Å². The van der Waals surface area contributed by atoms with Gasteiger partial charge in [0.25, 0.3) is 0 Å². The molecule has 2 heterocycles. The van der Waals surface area contributed by atoms with Gasteiger partial charge in [0.05, 0.1) is 6.10 Å². The Morgan fingerprint density at radius 3 is 2.46 bits per heavy atom.